The van der Waals surface area contributed by atoms with Crippen LogP contribution in [-0.4, -0.2) is 6.54 Å². The van der Waals surface area contributed by atoms with Gasteiger partial charge in [-0.25, -0.2) is 4.39 Å². The lowest BCUT2D eigenvalue weighted by Crippen LogP contribution is -2.12. The van der Waals surface area contributed by atoms with E-state index in [1.807, 2.05) is 0 Å². The second-order valence-corrected chi connectivity index (χ2v) is 6.00. The Balaban J connectivity index is 1.85. The molecule has 0 saturated carbocycles. The van der Waals surface area contributed by atoms with Crippen molar-refractivity contribution in [3.63, 3.8) is 0 Å². The molecule has 0 amide bonds. The van der Waals surface area contributed by atoms with E-state index in [1.165, 1.54) is 15.8 Å². The van der Waals surface area contributed by atoms with Gasteiger partial charge in [-0.1, -0.05) is 6.92 Å². The Morgan fingerprint density at radius 3 is 2.75 bits per heavy atom. The standard InChI is InChI=1S/C16H20FNOS/c1-3-8-18-10-14-5-6-15(20-14)11-19-13-4-7-16(17)12(2)9-13/h4-7,9,18H,3,8,10-11H2,1-2H3. The minimum Gasteiger partial charge on any atom is -0.488 e. The van der Waals surface area contributed by atoms with Crippen molar-refractivity contribution in [2.45, 2.75) is 33.4 Å². The maximum Gasteiger partial charge on any atom is 0.126 e. The van der Waals surface area contributed by atoms with E-state index in [-0.39, 0.29) is 5.82 Å². The molecule has 0 radical (unpaired) electrons. The molecule has 2 aromatic rings. The number of ether oxygens (including phenoxy) is 1. The predicted octanol–water partition coefficient (Wildman–Crippen LogP) is 4.27. The first-order valence-electron chi connectivity index (χ1n) is 6.86. The van der Waals surface area contributed by atoms with Crippen LogP contribution in [0.5, 0.6) is 5.75 Å². The fraction of sp³-hybridized carbons (Fsp3) is 0.375. The van der Waals surface area contributed by atoms with E-state index < -0.39 is 0 Å². The molecule has 0 bridgehead atoms. The number of hydrogen-bond acceptors (Lipinski definition) is 3. The molecule has 0 aliphatic carbocycles. The number of nitrogens with one attached hydrogen (secondary N) is 1. The summed E-state index contributed by atoms with van der Waals surface area (Å²) >= 11 is 1.75. The second-order valence-electron chi connectivity index (χ2n) is 4.74. The number of rotatable bonds is 7. The SMILES string of the molecule is CCCNCc1ccc(COc2ccc(F)c(C)c2)s1. The highest BCUT2D eigenvalue weighted by atomic mass is 32.1. The van der Waals surface area contributed by atoms with Gasteiger partial charge < -0.3 is 10.1 Å². The van der Waals surface area contributed by atoms with Crippen LogP contribution in [0.1, 0.15) is 28.7 Å². The van der Waals surface area contributed by atoms with E-state index in [9.17, 15) is 4.39 Å². The quantitative estimate of drug-likeness (QED) is 0.770. The predicted molar refractivity (Wildman–Crippen MR) is 81.8 cm³/mol. The topological polar surface area (TPSA) is 21.3 Å². The number of thiophene rings is 1. The molecule has 1 heterocycles. The molecule has 4 heteroatoms. The van der Waals surface area contributed by atoms with Crippen LogP contribution in [0.15, 0.2) is 30.3 Å². The number of hydrogen-bond donors (Lipinski definition) is 1. The maximum atomic E-state index is 13.2. The highest BCUT2D eigenvalue weighted by molar-refractivity contribution is 7.11. The Hall–Kier alpha value is -1.39. The van der Waals surface area contributed by atoms with Gasteiger partial charge in [0.25, 0.3) is 0 Å². The van der Waals surface area contributed by atoms with Crippen LogP contribution in [-0.2, 0) is 13.2 Å². The van der Waals surface area contributed by atoms with Crippen molar-refractivity contribution in [2.75, 3.05) is 6.54 Å². The molecular formula is C16H20FNOS. The molecule has 0 fully saturated rings. The average molecular weight is 293 g/mol. The molecule has 1 aromatic heterocycles. The molecule has 0 saturated heterocycles. The van der Waals surface area contributed by atoms with Gasteiger partial charge in [-0.3, -0.25) is 0 Å². The molecule has 2 rings (SSSR count). The first-order chi connectivity index (χ1) is 9.69. The number of aryl methyl sites for hydroxylation is 1. The molecule has 1 N–H and O–H groups in total. The van der Waals surface area contributed by atoms with Crippen molar-refractivity contribution in [2.24, 2.45) is 0 Å². The largest absolute Gasteiger partial charge is 0.488 e. The zero-order chi connectivity index (χ0) is 14.4. The second kappa shape index (κ2) is 7.41. The summed E-state index contributed by atoms with van der Waals surface area (Å²) in [4.78, 5) is 2.49. The van der Waals surface area contributed by atoms with Crippen molar-refractivity contribution in [1.29, 1.82) is 0 Å². The summed E-state index contributed by atoms with van der Waals surface area (Å²) < 4.78 is 18.8. The summed E-state index contributed by atoms with van der Waals surface area (Å²) in [6, 6.07) is 9.05. The summed E-state index contributed by atoms with van der Waals surface area (Å²) in [5.74, 6) is 0.515. The summed E-state index contributed by atoms with van der Waals surface area (Å²) in [5.41, 5.74) is 0.609. The van der Waals surface area contributed by atoms with E-state index in [0.29, 0.717) is 17.9 Å². The maximum absolute atomic E-state index is 13.2. The van der Waals surface area contributed by atoms with E-state index >= 15 is 0 Å². The summed E-state index contributed by atoms with van der Waals surface area (Å²) in [7, 11) is 0. The van der Waals surface area contributed by atoms with Crippen LogP contribution in [0.3, 0.4) is 0 Å². The molecule has 0 aliphatic heterocycles. The van der Waals surface area contributed by atoms with Gasteiger partial charge in [-0.15, -0.1) is 11.3 Å². The minimum absolute atomic E-state index is 0.197. The molecule has 108 valence electrons. The number of halogens is 1. The van der Waals surface area contributed by atoms with Gasteiger partial charge in [-0.05, 0) is 55.8 Å². The van der Waals surface area contributed by atoms with Gasteiger partial charge in [0.15, 0.2) is 0 Å². The minimum atomic E-state index is -0.197. The lowest BCUT2D eigenvalue weighted by Gasteiger charge is -2.06. The van der Waals surface area contributed by atoms with Gasteiger partial charge in [0, 0.05) is 16.3 Å². The van der Waals surface area contributed by atoms with E-state index in [2.05, 4.69) is 24.4 Å². The summed E-state index contributed by atoms with van der Waals surface area (Å²) in [5, 5.41) is 3.38. The van der Waals surface area contributed by atoms with Crippen molar-refractivity contribution in [3.8, 4) is 5.75 Å². The first-order valence-corrected chi connectivity index (χ1v) is 7.68. The lowest BCUT2D eigenvalue weighted by molar-refractivity contribution is 0.309. The van der Waals surface area contributed by atoms with Gasteiger partial charge in [-0.2, -0.15) is 0 Å². The third kappa shape index (κ3) is 4.32. The lowest BCUT2D eigenvalue weighted by atomic mass is 10.2. The van der Waals surface area contributed by atoms with Crippen LogP contribution < -0.4 is 10.1 Å². The number of benzene rings is 1. The summed E-state index contributed by atoms with van der Waals surface area (Å²) in [6.45, 7) is 6.38. The van der Waals surface area contributed by atoms with Crippen molar-refractivity contribution in [1.82, 2.24) is 5.32 Å². The van der Waals surface area contributed by atoms with E-state index in [4.69, 9.17) is 4.74 Å². The van der Waals surface area contributed by atoms with Gasteiger partial charge >= 0.3 is 0 Å². The van der Waals surface area contributed by atoms with Gasteiger partial charge in [0.1, 0.15) is 18.2 Å². The summed E-state index contributed by atoms with van der Waals surface area (Å²) in [6.07, 6.45) is 1.14. The Kier molecular flexibility index (Phi) is 5.56. The molecule has 0 aliphatic rings. The Labute approximate surface area is 123 Å². The smallest absolute Gasteiger partial charge is 0.126 e. The van der Waals surface area contributed by atoms with Crippen LogP contribution in [0.4, 0.5) is 4.39 Å². The van der Waals surface area contributed by atoms with Gasteiger partial charge in [0.05, 0.1) is 0 Å². The fourth-order valence-corrected chi connectivity index (χ4v) is 2.75. The zero-order valence-corrected chi connectivity index (χ0v) is 12.7. The highest BCUT2D eigenvalue weighted by Crippen LogP contribution is 2.21. The molecule has 2 nitrogen and oxygen atoms in total. The zero-order valence-electron chi connectivity index (χ0n) is 11.9. The normalized spacial score (nSPS) is 10.8. The van der Waals surface area contributed by atoms with Crippen LogP contribution in [0, 0.1) is 12.7 Å². The molecule has 0 unspecified atom stereocenters. The van der Waals surface area contributed by atoms with Crippen molar-refractivity contribution < 1.29 is 9.13 Å². The molecule has 20 heavy (non-hydrogen) atoms. The Morgan fingerprint density at radius 1 is 1.20 bits per heavy atom. The molecule has 0 spiro atoms. The first kappa shape index (κ1) is 15.0. The van der Waals surface area contributed by atoms with Crippen LogP contribution >= 0.6 is 11.3 Å². The molecule has 0 atom stereocenters. The Bertz CT molecular complexity index is 553. The third-order valence-corrected chi connectivity index (χ3v) is 4.01. The van der Waals surface area contributed by atoms with Crippen molar-refractivity contribution >= 4 is 11.3 Å². The monoisotopic (exact) mass is 293 g/mol. The Morgan fingerprint density at radius 2 is 2.00 bits per heavy atom. The van der Waals surface area contributed by atoms with Gasteiger partial charge in [0.2, 0.25) is 0 Å². The van der Waals surface area contributed by atoms with E-state index in [1.54, 1.807) is 30.4 Å². The average Bonchev–Trinajstić information content (AvgIpc) is 2.88. The van der Waals surface area contributed by atoms with E-state index in [0.717, 1.165) is 19.5 Å². The molecular weight excluding hydrogens is 273 g/mol. The highest BCUT2D eigenvalue weighted by Gasteiger charge is 2.03. The van der Waals surface area contributed by atoms with Crippen LogP contribution in [0.25, 0.3) is 0 Å². The van der Waals surface area contributed by atoms with Crippen LogP contribution in [0.2, 0.25) is 0 Å². The van der Waals surface area contributed by atoms with Crippen molar-refractivity contribution in [3.05, 3.63) is 51.5 Å². The third-order valence-electron chi connectivity index (χ3n) is 2.95. The fourth-order valence-electron chi connectivity index (χ4n) is 1.84. The molecule has 1 aromatic carbocycles.